The molecule has 1 rings (SSSR count). The Hall–Kier alpha value is -0.863. The molecule has 2 radical (unpaired) electrons. The summed E-state index contributed by atoms with van der Waals surface area (Å²) < 4.78 is 5.34. The molecule has 0 aliphatic rings. The van der Waals surface area contributed by atoms with Crippen LogP contribution >= 0.6 is 0 Å². The summed E-state index contributed by atoms with van der Waals surface area (Å²) in [6.45, 7) is 6.52. The summed E-state index contributed by atoms with van der Waals surface area (Å²) in [5.74, 6) is 0. The second-order valence-corrected chi connectivity index (χ2v) is 3.36. The van der Waals surface area contributed by atoms with Gasteiger partial charge >= 0.3 is 0 Å². The van der Waals surface area contributed by atoms with Crippen LogP contribution in [0.15, 0.2) is 30.8 Å². The molecule has 0 aliphatic carbocycles. The summed E-state index contributed by atoms with van der Waals surface area (Å²) in [6, 6.07) is 8.16. The Morgan fingerprint density at radius 1 is 1.50 bits per heavy atom. The summed E-state index contributed by atoms with van der Waals surface area (Å²) in [5, 5.41) is 1.23. The predicted molar refractivity (Wildman–Crippen MR) is 53.5 cm³/mol. The summed E-state index contributed by atoms with van der Waals surface area (Å²) in [7, 11) is 0.439. The van der Waals surface area contributed by atoms with Crippen molar-refractivity contribution in [1.82, 2.24) is 0 Å². The van der Waals surface area contributed by atoms with Crippen molar-refractivity contribution < 1.29 is 4.43 Å². The zero-order valence-corrected chi connectivity index (χ0v) is 8.21. The zero-order valence-electron chi connectivity index (χ0n) is 7.21. The second-order valence-electron chi connectivity index (χ2n) is 2.33. The number of hydrogen-bond donors (Lipinski definition) is 0. The second kappa shape index (κ2) is 4.90. The minimum Gasteiger partial charge on any atom is -0.412 e. The van der Waals surface area contributed by atoms with E-state index in [1.165, 1.54) is 10.8 Å². The molecule has 0 unspecified atom stereocenters. The SMILES string of the molecule is C=Cc1ccccc1[Si]OCC. The van der Waals surface area contributed by atoms with Crippen molar-refractivity contribution in [1.29, 1.82) is 0 Å². The molecule has 12 heavy (non-hydrogen) atoms. The minimum atomic E-state index is 0.439. The van der Waals surface area contributed by atoms with E-state index >= 15 is 0 Å². The molecule has 2 heteroatoms. The van der Waals surface area contributed by atoms with Gasteiger partial charge in [-0.25, -0.2) is 0 Å². The van der Waals surface area contributed by atoms with E-state index in [-0.39, 0.29) is 0 Å². The fourth-order valence-corrected chi connectivity index (χ4v) is 1.69. The zero-order chi connectivity index (χ0) is 8.81. The van der Waals surface area contributed by atoms with Gasteiger partial charge in [0.15, 0.2) is 0 Å². The molecule has 0 saturated heterocycles. The van der Waals surface area contributed by atoms with E-state index in [2.05, 4.69) is 12.6 Å². The van der Waals surface area contributed by atoms with Gasteiger partial charge < -0.3 is 4.43 Å². The van der Waals surface area contributed by atoms with Gasteiger partial charge in [0.25, 0.3) is 9.76 Å². The van der Waals surface area contributed by atoms with Crippen LogP contribution in [0, 0.1) is 0 Å². The average molecular weight is 176 g/mol. The quantitative estimate of drug-likeness (QED) is 0.633. The van der Waals surface area contributed by atoms with E-state index in [4.69, 9.17) is 4.43 Å². The van der Waals surface area contributed by atoms with E-state index in [0.29, 0.717) is 9.76 Å². The summed E-state index contributed by atoms with van der Waals surface area (Å²) in [5.41, 5.74) is 1.17. The normalized spacial score (nSPS) is 9.75. The van der Waals surface area contributed by atoms with Crippen LogP contribution in [-0.4, -0.2) is 16.4 Å². The monoisotopic (exact) mass is 176 g/mol. The van der Waals surface area contributed by atoms with Gasteiger partial charge in [-0.1, -0.05) is 36.9 Å². The highest BCUT2D eigenvalue weighted by molar-refractivity contribution is 6.48. The molecular weight excluding hydrogens is 164 g/mol. The van der Waals surface area contributed by atoms with Crippen LogP contribution in [0.3, 0.4) is 0 Å². The molecule has 0 amide bonds. The Balaban J connectivity index is 2.75. The van der Waals surface area contributed by atoms with Crippen molar-refractivity contribution >= 4 is 21.0 Å². The Labute approximate surface area is 76.0 Å². The molecule has 62 valence electrons. The first-order valence-corrected chi connectivity index (χ1v) is 4.88. The maximum Gasteiger partial charge on any atom is 0.269 e. The molecule has 0 saturated carbocycles. The van der Waals surface area contributed by atoms with Crippen LogP contribution in [0.4, 0.5) is 0 Å². The minimum absolute atomic E-state index is 0.439. The largest absolute Gasteiger partial charge is 0.412 e. The van der Waals surface area contributed by atoms with Crippen LogP contribution < -0.4 is 5.19 Å². The van der Waals surface area contributed by atoms with Gasteiger partial charge in [0.05, 0.1) is 0 Å². The average Bonchev–Trinajstić information content (AvgIpc) is 2.15. The third kappa shape index (κ3) is 2.32. The van der Waals surface area contributed by atoms with Gasteiger partial charge in [0.2, 0.25) is 0 Å². The lowest BCUT2D eigenvalue weighted by Crippen LogP contribution is -2.19. The molecule has 0 N–H and O–H groups in total. The van der Waals surface area contributed by atoms with Crippen LogP contribution in [0.25, 0.3) is 6.08 Å². The molecule has 0 aliphatic heterocycles. The Morgan fingerprint density at radius 3 is 2.92 bits per heavy atom. The van der Waals surface area contributed by atoms with E-state index in [9.17, 15) is 0 Å². The van der Waals surface area contributed by atoms with Crippen molar-refractivity contribution in [3.05, 3.63) is 36.4 Å². The summed E-state index contributed by atoms with van der Waals surface area (Å²) >= 11 is 0. The van der Waals surface area contributed by atoms with Crippen LogP contribution in [0.1, 0.15) is 12.5 Å². The Morgan fingerprint density at radius 2 is 2.25 bits per heavy atom. The molecular formula is C10H12OSi. The maximum atomic E-state index is 5.34. The topological polar surface area (TPSA) is 9.23 Å². The van der Waals surface area contributed by atoms with Crippen LogP contribution in [0.2, 0.25) is 0 Å². The highest BCUT2D eigenvalue weighted by Crippen LogP contribution is 1.96. The van der Waals surface area contributed by atoms with E-state index < -0.39 is 0 Å². The highest BCUT2D eigenvalue weighted by Gasteiger charge is 1.98. The molecule has 1 aromatic carbocycles. The van der Waals surface area contributed by atoms with Crippen molar-refractivity contribution in [2.24, 2.45) is 0 Å². The van der Waals surface area contributed by atoms with Gasteiger partial charge in [0, 0.05) is 6.61 Å². The molecule has 0 spiro atoms. The third-order valence-electron chi connectivity index (χ3n) is 1.51. The first-order valence-electron chi connectivity index (χ1n) is 3.97. The van der Waals surface area contributed by atoms with Crippen molar-refractivity contribution in [3.63, 3.8) is 0 Å². The fourth-order valence-electron chi connectivity index (χ4n) is 0.918. The van der Waals surface area contributed by atoms with Gasteiger partial charge in [-0.05, 0) is 17.7 Å². The van der Waals surface area contributed by atoms with E-state index in [1.54, 1.807) is 0 Å². The van der Waals surface area contributed by atoms with Crippen LogP contribution in [-0.2, 0) is 4.43 Å². The molecule has 0 aromatic heterocycles. The smallest absolute Gasteiger partial charge is 0.269 e. The summed E-state index contributed by atoms with van der Waals surface area (Å²) in [4.78, 5) is 0. The van der Waals surface area contributed by atoms with Gasteiger partial charge in [0.1, 0.15) is 0 Å². The molecule has 0 atom stereocenters. The number of hydrogen-bond acceptors (Lipinski definition) is 1. The molecule has 1 aromatic rings. The highest BCUT2D eigenvalue weighted by atomic mass is 28.2. The fraction of sp³-hybridized carbons (Fsp3) is 0.200. The number of rotatable bonds is 4. The predicted octanol–water partition coefficient (Wildman–Crippen LogP) is 1.61. The summed E-state index contributed by atoms with van der Waals surface area (Å²) in [6.07, 6.45) is 1.86. The third-order valence-corrected chi connectivity index (χ3v) is 2.62. The van der Waals surface area contributed by atoms with E-state index in [0.717, 1.165) is 6.61 Å². The van der Waals surface area contributed by atoms with Gasteiger partial charge in [-0.3, -0.25) is 0 Å². The lowest BCUT2D eigenvalue weighted by Gasteiger charge is -2.02. The standard InChI is InChI=1S/C10H12OSi/c1-3-9-7-5-6-8-10(9)12-11-4-2/h3,5-8H,1,4H2,2H3. The van der Waals surface area contributed by atoms with Gasteiger partial charge in [-0.2, -0.15) is 0 Å². The van der Waals surface area contributed by atoms with Crippen molar-refractivity contribution in [2.45, 2.75) is 6.92 Å². The lowest BCUT2D eigenvalue weighted by atomic mass is 10.2. The molecule has 0 fully saturated rings. The van der Waals surface area contributed by atoms with Crippen LogP contribution in [0.5, 0.6) is 0 Å². The van der Waals surface area contributed by atoms with E-state index in [1.807, 2.05) is 31.2 Å². The van der Waals surface area contributed by atoms with Crippen molar-refractivity contribution in [3.8, 4) is 0 Å². The first-order chi connectivity index (χ1) is 5.88. The maximum absolute atomic E-state index is 5.34. The molecule has 0 heterocycles. The molecule has 0 bridgehead atoms. The number of benzene rings is 1. The lowest BCUT2D eigenvalue weighted by molar-refractivity contribution is 0.367. The Bertz CT molecular complexity index is 258. The molecule has 1 nitrogen and oxygen atoms in total. The van der Waals surface area contributed by atoms with Gasteiger partial charge in [-0.15, -0.1) is 0 Å². The van der Waals surface area contributed by atoms with Crippen molar-refractivity contribution in [2.75, 3.05) is 6.61 Å². The first kappa shape index (κ1) is 9.23. The Kier molecular flexibility index (Phi) is 3.77.